The topological polar surface area (TPSA) is 147 Å². The van der Waals surface area contributed by atoms with Crippen LogP contribution in [-0.4, -0.2) is 69.9 Å². The molecule has 0 aromatic carbocycles. The fourth-order valence-corrected chi connectivity index (χ4v) is 1.95. The van der Waals surface area contributed by atoms with Gasteiger partial charge in [-0.25, -0.2) is 8.42 Å². The third-order valence-corrected chi connectivity index (χ3v) is 2.79. The van der Waals surface area contributed by atoms with Crippen LogP contribution in [0, 0.1) is 0 Å². The Morgan fingerprint density at radius 3 is 2.07 bits per heavy atom. The maximum Gasteiger partial charge on any atom is 0.183 e. The van der Waals surface area contributed by atoms with E-state index in [2.05, 4.69) is 4.74 Å². The first kappa shape index (κ1) is 12.8. The zero-order chi connectivity index (χ0) is 11.8. The van der Waals surface area contributed by atoms with Gasteiger partial charge in [-0.05, 0) is 0 Å². The largest absolute Gasteiger partial charge is 0.748 e. The van der Waals surface area contributed by atoms with E-state index in [4.69, 9.17) is 15.3 Å². The van der Waals surface area contributed by atoms with Crippen molar-refractivity contribution in [3.8, 4) is 0 Å². The number of aliphatic hydroxyl groups excluding tert-OH is 4. The second kappa shape index (κ2) is 4.29. The summed E-state index contributed by atoms with van der Waals surface area (Å²) < 4.78 is 35.6. The number of hydrogen-bond donors (Lipinski definition) is 4. The lowest BCUT2D eigenvalue weighted by molar-refractivity contribution is -0.276. The summed E-state index contributed by atoms with van der Waals surface area (Å²) >= 11 is 0. The molecule has 1 rings (SSSR count). The van der Waals surface area contributed by atoms with Gasteiger partial charge in [0.15, 0.2) is 6.29 Å². The summed E-state index contributed by atoms with van der Waals surface area (Å²) in [5, 5.41) is 36.4. The van der Waals surface area contributed by atoms with Gasteiger partial charge in [0, 0.05) is 0 Å². The summed E-state index contributed by atoms with van der Waals surface area (Å²) in [5.41, 5.74) is 0. The van der Waals surface area contributed by atoms with Crippen LogP contribution in [0.4, 0.5) is 0 Å². The summed E-state index contributed by atoms with van der Waals surface area (Å²) in [5.74, 6) is -1.09. The minimum Gasteiger partial charge on any atom is -0.748 e. The van der Waals surface area contributed by atoms with Crippen LogP contribution in [0.5, 0.6) is 0 Å². The van der Waals surface area contributed by atoms with E-state index in [-0.39, 0.29) is 0 Å². The van der Waals surface area contributed by atoms with Gasteiger partial charge in [0.05, 0.1) is 15.9 Å². The molecule has 1 aliphatic heterocycles. The number of aliphatic hydroxyl groups is 4. The van der Waals surface area contributed by atoms with Crippen molar-refractivity contribution in [1.82, 2.24) is 0 Å². The first-order valence-corrected chi connectivity index (χ1v) is 5.61. The Balaban J connectivity index is 2.75. The zero-order valence-corrected chi connectivity index (χ0v) is 8.24. The first-order chi connectivity index (χ1) is 6.72. The molecule has 1 saturated heterocycles. The standard InChI is InChI=1S/C6H12O8S/c7-3-2(1-15(11,12)13)14-6(10)5(9)4(3)8/h2-10H,1H2,(H,11,12,13)/p-1/t2-,3-,4+,5-,6-/m1/s1. The molecule has 9 heteroatoms. The van der Waals surface area contributed by atoms with Gasteiger partial charge >= 0.3 is 0 Å². The SMILES string of the molecule is O=S(=O)([O-])C[C@H]1O[C@@H](O)[C@H](O)[C@@H](O)[C@@H]1O. The highest BCUT2D eigenvalue weighted by molar-refractivity contribution is 7.85. The summed E-state index contributed by atoms with van der Waals surface area (Å²) in [4.78, 5) is 0. The second-order valence-corrected chi connectivity index (χ2v) is 4.71. The molecule has 15 heavy (non-hydrogen) atoms. The van der Waals surface area contributed by atoms with Crippen LogP contribution >= 0.6 is 0 Å². The average Bonchev–Trinajstić information content (AvgIpc) is 2.08. The maximum absolute atomic E-state index is 10.4. The molecule has 0 radical (unpaired) electrons. The molecule has 1 aliphatic rings. The third kappa shape index (κ3) is 3.08. The summed E-state index contributed by atoms with van der Waals surface area (Å²) in [6.07, 6.45) is -8.64. The van der Waals surface area contributed by atoms with Crippen molar-refractivity contribution < 1.29 is 38.1 Å². The molecule has 1 fully saturated rings. The Morgan fingerprint density at radius 2 is 1.60 bits per heavy atom. The number of hydrogen-bond acceptors (Lipinski definition) is 8. The molecule has 0 spiro atoms. The molecule has 0 aromatic heterocycles. The highest BCUT2D eigenvalue weighted by Crippen LogP contribution is 2.20. The molecule has 0 amide bonds. The molecule has 0 bridgehead atoms. The van der Waals surface area contributed by atoms with Crippen molar-refractivity contribution in [3.63, 3.8) is 0 Å². The second-order valence-electron chi connectivity index (χ2n) is 3.26. The van der Waals surface area contributed by atoms with Gasteiger partial charge < -0.3 is 29.7 Å². The normalized spacial score (nSPS) is 42.9. The molecule has 0 unspecified atom stereocenters. The van der Waals surface area contributed by atoms with Crippen LogP contribution < -0.4 is 0 Å². The minimum absolute atomic E-state index is 1.09. The predicted molar refractivity (Wildman–Crippen MR) is 43.5 cm³/mol. The molecule has 0 aliphatic carbocycles. The van der Waals surface area contributed by atoms with Gasteiger partial charge in [0.25, 0.3) is 0 Å². The molecular formula is C6H11O8S-. The quantitative estimate of drug-likeness (QED) is 0.363. The van der Waals surface area contributed by atoms with Crippen LogP contribution in [0.3, 0.4) is 0 Å². The highest BCUT2D eigenvalue weighted by Gasteiger charge is 2.43. The van der Waals surface area contributed by atoms with Crippen LogP contribution in [0.15, 0.2) is 0 Å². The van der Waals surface area contributed by atoms with Crippen LogP contribution in [-0.2, 0) is 14.9 Å². The Bertz CT molecular complexity index is 313. The molecule has 8 nitrogen and oxygen atoms in total. The van der Waals surface area contributed by atoms with E-state index in [1.54, 1.807) is 0 Å². The average molecular weight is 243 g/mol. The summed E-state index contributed by atoms with van der Waals surface area (Å²) in [7, 11) is -4.66. The van der Waals surface area contributed by atoms with E-state index in [1.807, 2.05) is 0 Å². The van der Waals surface area contributed by atoms with Gasteiger partial charge in [-0.2, -0.15) is 0 Å². The lowest BCUT2D eigenvalue weighted by Crippen LogP contribution is -2.59. The lowest BCUT2D eigenvalue weighted by Gasteiger charge is -2.38. The maximum atomic E-state index is 10.4. The third-order valence-electron chi connectivity index (χ3n) is 2.06. The molecule has 0 aromatic rings. The number of ether oxygens (including phenoxy) is 1. The van der Waals surface area contributed by atoms with Gasteiger partial charge in [-0.15, -0.1) is 0 Å². The van der Waals surface area contributed by atoms with Crippen LogP contribution in [0.25, 0.3) is 0 Å². The zero-order valence-electron chi connectivity index (χ0n) is 7.42. The summed E-state index contributed by atoms with van der Waals surface area (Å²) in [6, 6.07) is 0. The van der Waals surface area contributed by atoms with Crippen molar-refractivity contribution >= 4 is 10.1 Å². The van der Waals surface area contributed by atoms with E-state index in [9.17, 15) is 18.1 Å². The smallest absolute Gasteiger partial charge is 0.183 e. The van der Waals surface area contributed by atoms with E-state index in [0.29, 0.717) is 0 Å². The lowest BCUT2D eigenvalue weighted by atomic mass is 10.0. The minimum atomic E-state index is -4.66. The summed E-state index contributed by atoms with van der Waals surface area (Å²) in [6.45, 7) is 0. The Labute approximate surface area is 85.5 Å². The van der Waals surface area contributed by atoms with E-state index >= 15 is 0 Å². The van der Waals surface area contributed by atoms with E-state index < -0.39 is 46.6 Å². The highest BCUT2D eigenvalue weighted by atomic mass is 32.2. The van der Waals surface area contributed by atoms with Crippen LogP contribution in [0.2, 0.25) is 0 Å². The van der Waals surface area contributed by atoms with Crippen LogP contribution in [0.1, 0.15) is 0 Å². The van der Waals surface area contributed by atoms with Gasteiger partial charge in [-0.3, -0.25) is 0 Å². The van der Waals surface area contributed by atoms with Gasteiger partial charge in [-0.1, -0.05) is 0 Å². The van der Waals surface area contributed by atoms with Crippen molar-refractivity contribution in [2.75, 3.05) is 5.75 Å². The Hall–Kier alpha value is -0.290. The molecule has 5 atom stereocenters. The van der Waals surface area contributed by atoms with E-state index in [1.165, 1.54) is 0 Å². The van der Waals surface area contributed by atoms with Crippen molar-refractivity contribution in [1.29, 1.82) is 0 Å². The van der Waals surface area contributed by atoms with Crippen molar-refractivity contribution in [2.45, 2.75) is 30.7 Å². The van der Waals surface area contributed by atoms with Gasteiger partial charge in [0.1, 0.15) is 24.4 Å². The monoisotopic (exact) mass is 243 g/mol. The van der Waals surface area contributed by atoms with Gasteiger partial charge in [0.2, 0.25) is 0 Å². The molecular weight excluding hydrogens is 232 g/mol. The molecule has 1 heterocycles. The Kier molecular flexibility index (Phi) is 3.66. The van der Waals surface area contributed by atoms with Crippen molar-refractivity contribution in [2.24, 2.45) is 0 Å². The predicted octanol–water partition coefficient (Wildman–Crippen LogP) is -3.67. The fraction of sp³-hybridized carbons (Fsp3) is 1.00. The molecule has 4 N–H and O–H groups in total. The Morgan fingerprint density at radius 1 is 1.07 bits per heavy atom. The van der Waals surface area contributed by atoms with Crippen molar-refractivity contribution in [3.05, 3.63) is 0 Å². The molecule has 0 saturated carbocycles. The van der Waals surface area contributed by atoms with E-state index in [0.717, 1.165) is 0 Å². The molecule has 90 valence electrons. The fourth-order valence-electron chi connectivity index (χ4n) is 1.27. The first-order valence-electron chi connectivity index (χ1n) is 4.03. The number of rotatable bonds is 2.